The van der Waals surface area contributed by atoms with Crippen LogP contribution in [0.25, 0.3) is 11.0 Å². The molecule has 1 heterocycles. The topological polar surface area (TPSA) is 86.9 Å². The van der Waals surface area contributed by atoms with E-state index in [1.165, 1.54) is 0 Å². The number of amides is 2. The van der Waals surface area contributed by atoms with Crippen LogP contribution in [0, 0.1) is 0 Å². The van der Waals surface area contributed by atoms with Gasteiger partial charge in [0.25, 0.3) is 5.91 Å². The van der Waals surface area contributed by atoms with Gasteiger partial charge in [0, 0.05) is 16.3 Å². The molecule has 4 rings (SSSR count). The number of aromatic nitrogens is 2. The second-order valence-corrected chi connectivity index (χ2v) is 8.19. The summed E-state index contributed by atoms with van der Waals surface area (Å²) in [6.07, 6.45) is 0.0813. The molecule has 0 atom stereocenters. The van der Waals surface area contributed by atoms with E-state index in [1.54, 1.807) is 48.2 Å². The van der Waals surface area contributed by atoms with Gasteiger partial charge in [-0.25, -0.2) is 4.98 Å². The predicted octanol–water partition coefficient (Wildman–Crippen LogP) is 4.51. The van der Waals surface area contributed by atoms with Gasteiger partial charge in [-0.2, -0.15) is 0 Å². The van der Waals surface area contributed by atoms with E-state index < -0.39 is 0 Å². The van der Waals surface area contributed by atoms with Gasteiger partial charge in [0.05, 0.1) is 17.5 Å². The Kier molecular flexibility index (Phi) is 6.54. The Bertz CT molecular complexity index is 1190. The fourth-order valence-electron chi connectivity index (χ4n) is 2.96. The van der Waals surface area contributed by atoms with E-state index in [0.717, 1.165) is 27.5 Å². The zero-order valence-electron chi connectivity index (χ0n) is 16.4. The fourth-order valence-corrected chi connectivity index (χ4v) is 4.00. The summed E-state index contributed by atoms with van der Waals surface area (Å²) in [5.41, 5.74) is 9.00. The lowest BCUT2D eigenvalue weighted by atomic mass is 10.1. The standard InChI is InChI=1S/C23H19ClN4O2S/c24-18-6-2-1-5-17(18)13-21(29)27-28-22(30)16-11-9-15(10-12-16)14-31-23-25-19-7-3-4-8-20(19)26-23/h1-12H,13-14H2,(H,25,26)(H,27,29)(H,28,30). The number of hydrogen-bond donors (Lipinski definition) is 3. The Labute approximate surface area is 188 Å². The molecule has 0 spiro atoms. The SMILES string of the molecule is O=C(Cc1ccccc1Cl)NNC(=O)c1ccc(CSc2nc3ccccc3[nH]2)cc1. The highest BCUT2D eigenvalue weighted by molar-refractivity contribution is 7.98. The lowest BCUT2D eigenvalue weighted by molar-refractivity contribution is -0.121. The number of aromatic amines is 1. The molecular weight excluding hydrogens is 432 g/mol. The first-order valence-electron chi connectivity index (χ1n) is 9.57. The lowest BCUT2D eigenvalue weighted by Crippen LogP contribution is -2.42. The van der Waals surface area contributed by atoms with Crippen LogP contribution in [0.2, 0.25) is 5.02 Å². The number of benzene rings is 3. The van der Waals surface area contributed by atoms with Crippen molar-refractivity contribution in [1.29, 1.82) is 0 Å². The summed E-state index contributed by atoms with van der Waals surface area (Å²) in [7, 11) is 0. The molecule has 2 amide bonds. The first-order valence-corrected chi connectivity index (χ1v) is 10.9. The van der Waals surface area contributed by atoms with Crippen molar-refractivity contribution in [2.45, 2.75) is 17.3 Å². The van der Waals surface area contributed by atoms with E-state index in [-0.39, 0.29) is 18.2 Å². The molecule has 0 saturated carbocycles. The van der Waals surface area contributed by atoms with Gasteiger partial charge in [0.1, 0.15) is 0 Å². The maximum atomic E-state index is 12.3. The third-order valence-corrected chi connectivity index (χ3v) is 5.90. The Balaban J connectivity index is 1.27. The summed E-state index contributed by atoms with van der Waals surface area (Å²) in [4.78, 5) is 32.2. The average molecular weight is 451 g/mol. The Morgan fingerprint density at radius 1 is 0.935 bits per heavy atom. The molecule has 31 heavy (non-hydrogen) atoms. The van der Waals surface area contributed by atoms with E-state index in [2.05, 4.69) is 20.8 Å². The van der Waals surface area contributed by atoms with Crippen LogP contribution in [0.15, 0.2) is 78.0 Å². The summed E-state index contributed by atoms with van der Waals surface area (Å²) >= 11 is 7.65. The number of para-hydroxylation sites is 2. The van der Waals surface area contributed by atoms with Crippen molar-refractivity contribution < 1.29 is 9.59 Å². The van der Waals surface area contributed by atoms with Gasteiger partial charge in [0.15, 0.2) is 5.16 Å². The highest BCUT2D eigenvalue weighted by Gasteiger charge is 2.10. The van der Waals surface area contributed by atoms with Gasteiger partial charge >= 0.3 is 0 Å². The molecule has 6 nitrogen and oxygen atoms in total. The van der Waals surface area contributed by atoms with E-state index in [9.17, 15) is 9.59 Å². The Morgan fingerprint density at radius 2 is 1.68 bits per heavy atom. The van der Waals surface area contributed by atoms with E-state index in [1.807, 2.05) is 36.4 Å². The molecule has 0 bridgehead atoms. The van der Waals surface area contributed by atoms with Gasteiger partial charge < -0.3 is 4.98 Å². The van der Waals surface area contributed by atoms with Crippen LogP contribution in [0.4, 0.5) is 0 Å². The molecule has 156 valence electrons. The van der Waals surface area contributed by atoms with Crippen molar-refractivity contribution in [3.8, 4) is 0 Å². The number of imidazole rings is 1. The minimum Gasteiger partial charge on any atom is -0.333 e. The minimum absolute atomic E-state index is 0.0813. The van der Waals surface area contributed by atoms with E-state index >= 15 is 0 Å². The quantitative estimate of drug-likeness (QED) is 0.298. The Hall–Kier alpha value is -3.29. The lowest BCUT2D eigenvalue weighted by Gasteiger charge is -2.09. The van der Waals surface area contributed by atoms with Crippen molar-refractivity contribution in [3.63, 3.8) is 0 Å². The minimum atomic E-state index is -0.385. The second-order valence-electron chi connectivity index (χ2n) is 6.82. The number of carbonyl (C=O) groups excluding carboxylic acids is 2. The molecule has 0 aliphatic heterocycles. The smallest absolute Gasteiger partial charge is 0.269 e. The first-order chi connectivity index (χ1) is 15.1. The van der Waals surface area contributed by atoms with Crippen LogP contribution in [0.5, 0.6) is 0 Å². The van der Waals surface area contributed by atoms with Crippen molar-refractivity contribution in [2.24, 2.45) is 0 Å². The van der Waals surface area contributed by atoms with Crippen molar-refractivity contribution in [2.75, 3.05) is 0 Å². The molecule has 1 aromatic heterocycles. The Morgan fingerprint density at radius 3 is 2.45 bits per heavy atom. The highest BCUT2D eigenvalue weighted by atomic mass is 35.5. The number of thioether (sulfide) groups is 1. The number of rotatable bonds is 6. The van der Waals surface area contributed by atoms with Gasteiger partial charge in [-0.3, -0.25) is 20.4 Å². The van der Waals surface area contributed by atoms with Gasteiger partial charge in [0.2, 0.25) is 5.91 Å². The monoisotopic (exact) mass is 450 g/mol. The van der Waals surface area contributed by atoms with Crippen LogP contribution in [0.3, 0.4) is 0 Å². The molecule has 8 heteroatoms. The predicted molar refractivity (Wildman–Crippen MR) is 123 cm³/mol. The normalized spacial score (nSPS) is 10.7. The molecule has 0 saturated heterocycles. The zero-order chi connectivity index (χ0) is 21.6. The molecule has 0 radical (unpaired) electrons. The van der Waals surface area contributed by atoms with Gasteiger partial charge in [-0.1, -0.05) is 65.8 Å². The van der Waals surface area contributed by atoms with Crippen molar-refractivity contribution in [1.82, 2.24) is 20.8 Å². The van der Waals surface area contributed by atoms with Crippen molar-refractivity contribution >= 4 is 46.2 Å². The molecule has 3 N–H and O–H groups in total. The number of halogens is 1. The molecule has 0 unspecified atom stereocenters. The first kappa shape index (κ1) is 21.0. The number of hydrogen-bond acceptors (Lipinski definition) is 4. The number of fused-ring (bicyclic) bond motifs is 1. The number of nitrogens with one attached hydrogen (secondary N) is 3. The number of nitrogens with zero attached hydrogens (tertiary/aromatic N) is 1. The summed E-state index contributed by atoms with van der Waals surface area (Å²) in [5, 5.41) is 1.37. The maximum absolute atomic E-state index is 12.3. The summed E-state index contributed by atoms with van der Waals surface area (Å²) < 4.78 is 0. The second kappa shape index (κ2) is 9.68. The largest absolute Gasteiger partial charge is 0.333 e. The molecule has 3 aromatic carbocycles. The van der Waals surface area contributed by atoms with Crippen LogP contribution in [-0.2, 0) is 17.0 Å². The number of hydrazine groups is 1. The summed E-state index contributed by atoms with van der Waals surface area (Å²) in [5.74, 6) is -0.0136. The zero-order valence-corrected chi connectivity index (χ0v) is 18.0. The fraction of sp³-hybridized carbons (Fsp3) is 0.0870. The van der Waals surface area contributed by atoms with Crippen LogP contribution >= 0.6 is 23.4 Å². The van der Waals surface area contributed by atoms with Crippen LogP contribution < -0.4 is 10.9 Å². The maximum Gasteiger partial charge on any atom is 0.269 e. The molecule has 0 fully saturated rings. The van der Waals surface area contributed by atoms with Gasteiger partial charge in [-0.15, -0.1) is 0 Å². The third kappa shape index (κ3) is 5.45. The van der Waals surface area contributed by atoms with E-state index in [0.29, 0.717) is 16.1 Å². The van der Waals surface area contributed by atoms with Crippen LogP contribution in [0.1, 0.15) is 21.5 Å². The number of carbonyl (C=O) groups is 2. The van der Waals surface area contributed by atoms with Crippen molar-refractivity contribution in [3.05, 3.63) is 94.5 Å². The average Bonchev–Trinajstić information content (AvgIpc) is 3.21. The summed E-state index contributed by atoms with van der Waals surface area (Å²) in [6, 6.07) is 22.2. The molecular formula is C23H19ClN4O2S. The third-order valence-electron chi connectivity index (χ3n) is 4.58. The molecule has 4 aromatic rings. The molecule has 0 aliphatic carbocycles. The van der Waals surface area contributed by atoms with Gasteiger partial charge in [-0.05, 0) is 41.5 Å². The number of H-pyrrole nitrogens is 1. The highest BCUT2D eigenvalue weighted by Crippen LogP contribution is 2.23. The van der Waals surface area contributed by atoms with E-state index in [4.69, 9.17) is 11.6 Å². The summed E-state index contributed by atoms with van der Waals surface area (Å²) in [6.45, 7) is 0. The molecule has 0 aliphatic rings. The van der Waals surface area contributed by atoms with Crippen LogP contribution in [-0.4, -0.2) is 21.8 Å².